The summed E-state index contributed by atoms with van der Waals surface area (Å²) >= 11 is 3.98. The van der Waals surface area contributed by atoms with E-state index in [9.17, 15) is 4.79 Å². The first kappa shape index (κ1) is 17.7. The summed E-state index contributed by atoms with van der Waals surface area (Å²) in [7, 11) is 0. The number of fused-ring (bicyclic) bond motifs is 1. The Labute approximate surface area is 171 Å². The summed E-state index contributed by atoms with van der Waals surface area (Å²) in [6, 6.07) is 12.1. The molecule has 26 heavy (non-hydrogen) atoms. The molecule has 1 aliphatic heterocycles. The number of benzene rings is 2. The summed E-state index contributed by atoms with van der Waals surface area (Å²) in [6.45, 7) is 7.39. The molecule has 2 heterocycles. The van der Waals surface area contributed by atoms with Crippen molar-refractivity contribution in [1.29, 1.82) is 0 Å². The van der Waals surface area contributed by atoms with Gasteiger partial charge in [0.2, 0.25) is 0 Å². The molecule has 3 aromatic rings. The van der Waals surface area contributed by atoms with Crippen LogP contribution in [0.2, 0.25) is 0 Å². The van der Waals surface area contributed by atoms with Crippen LogP contribution >= 0.6 is 33.9 Å². The fourth-order valence-electron chi connectivity index (χ4n) is 3.26. The van der Waals surface area contributed by atoms with E-state index in [-0.39, 0.29) is 5.91 Å². The van der Waals surface area contributed by atoms with Gasteiger partial charge in [-0.2, -0.15) is 0 Å². The maximum atomic E-state index is 12.8. The molecule has 1 fully saturated rings. The Morgan fingerprint density at radius 1 is 1.08 bits per heavy atom. The third-order valence-corrected chi connectivity index (χ3v) is 7.04. The number of halogens is 1. The predicted molar refractivity (Wildman–Crippen MR) is 116 cm³/mol. The van der Waals surface area contributed by atoms with Crippen LogP contribution in [0.15, 0.2) is 36.4 Å². The van der Waals surface area contributed by atoms with Crippen molar-refractivity contribution in [1.82, 2.24) is 9.88 Å². The van der Waals surface area contributed by atoms with E-state index in [0.29, 0.717) is 0 Å². The molecule has 1 aromatic heterocycles. The van der Waals surface area contributed by atoms with E-state index in [2.05, 4.69) is 53.5 Å². The number of aryl methyl sites for hydroxylation is 2. The van der Waals surface area contributed by atoms with Crippen LogP contribution in [-0.2, 0) is 0 Å². The molecule has 0 radical (unpaired) electrons. The minimum absolute atomic E-state index is 0.130. The zero-order valence-electron chi connectivity index (χ0n) is 14.8. The van der Waals surface area contributed by atoms with Crippen LogP contribution < -0.4 is 4.90 Å². The number of hydrogen-bond donors (Lipinski definition) is 0. The van der Waals surface area contributed by atoms with E-state index in [4.69, 9.17) is 4.98 Å². The fourth-order valence-corrected chi connectivity index (χ4v) is 4.95. The summed E-state index contributed by atoms with van der Waals surface area (Å²) in [5, 5.41) is 1.06. The van der Waals surface area contributed by atoms with E-state index in [1.165, 1.54) is 15.8 Å². The maximum Gasteiger partial charge on any atom is 0.255 e. The maximum absolute atomic E-state index is 12.8. The molecule has 1 amide bonds. The minimum Gasteiger partial charge on any atom is -0.345 e. The number of nitrogens with zero attached hydrogens (tertiary/aromatic N) is 3. The first-order valence-electron chi connectivity index (χ1n) is 8.70. The Morgan fingerprint density at radius 2 is 1.81 bits per heavy atom. The third-order valence-electron chi connectivity index (χ3n) is 5.02. The van der Waals surface area contributed by atoms with E-state index >= 15 is 0 Å². The van der Waals surface area contributed by atoms with Crippen molar-refractivity contribution >= 4 is 55.2 Å². The van der Waals surface area contributed by atoms with Crippen LogP contribution in [-0.4, -0.2) is 42.0 Å². The average molecular weight is 477 g/mol. The highest BCUT2D eigenvalue weighted by molar-refractivity contribution is 14.1. The largest absolute Gasteiger partial charge is 0.345 e. The number of amides is 1. The second kappa shape index (κ2) is 7.15. The molecule has 0 aliphatic carbocycles. The lowest BCUT2D eigenvalue weighted by atomic mass is 10.1. The van der Waals surface area contributed by atoms with Crippen LogP contribution in [0.4, 0.5) is 5.13 Å². The van der Waals surface area contributed by atoms with Gasteiger partial charge in [0.15, 0.2) is 5.13 Å². The van der Waals surface area contributed by atoms with Gasteiger partial charge in [-0.15, -0.1) is 0 Å². The van der Waals surface area contributed by atoms with Crippen molar-refractivity contribution in [3.8, 4) is 0 Å². The Kier molecular flexibility index (Phi) is 4.88. The zero-order valence-corrected chi connectivity index (χ0v) is 17.8. The second-order valence-electron chi connectivity index (χ2n) is 6.61. The second-order valence-corrected chi connectivity index (χ2v) is 8.78. The Hall–Kier alpha value is -1.67. The van der Waals surface area contributed by atoms with Gasteiger partial charge in [0.05, 0.1) is 15.8 Å². The normalized spacial score (nSPS) is 14.9. The zero-order chi connectivity index (χ0) is 18.3. The predicted octanol–water partition coefficient (Wildman–Crippen LogP) is 4.48. The van der Waals surface area contributed by atoms with Gasteiger partial charge in [-0.3, -0.25) is 4.79 Å². The van der Waals surface area contributed by atoms with Crippen molar-refractivity contribution in [3.05, 3.63) is 56.7 Å². The molecule has 6 heteroatoms. The summed E-state index contributed by atoms with van der Waals surface area (Å²) in [5.41, 5.74) is 4.45. The minimum atomic E-state index is 0.130. The number of carbonyl (C=O) groups excluding carboxylic acids is 1. The number of carbonyl (C=O) groups is 1. The van der Waals surface area contributed by atoms with Crippen molar-refractivity contribution in [2.75, 3.05) is 31.1 Å². The van der Waals surface area contributed by atoms with Crippen LogP contribution in [0.25, 0.3) is 10.2 Å². The van der Waals surface area contributed by atoms with Crippen LogP contribution in [0.3, 0.4) is 0 Å². The van der Waals surface area contributed by atoms with E-state index in [0.717, 1.165) is 46.0 Å². The molecule has 0 spiro atoms. The van der Waals surface area contributed by atoms with Gasteiger partial charge in [-0.05, 0) is 65.8 Å². The van der Waals surface area contributed by atoms with E-state index in [1.807, 2.05) is 29.2 Å². The van der Waals surface area contributed by atoms with Crippen molar-refractivity contribution < 1.29 is 4.79 Å². The number of aromatic nitrogens is 1. The molecular formula is C20H20IN3OS. The van der Waals surface area contributed by atoms with Gasteiger partial charge in [0.1, 0.15) is 0 Å². The number of rotatable bonds is 2. The highest BCUT2D eigenvalue weighted by atomic mass is 127. The van der Waals surface area contributed by atoms with Crippen molar-refractivity contribution in [3.63, 3.8) is 0 Å². The number of hydrogen-bond acceptors (Lipinski definition) is 4. The Balaban J connectivity index is 1.49. The summed E-state index contributed by atoms with van der Waals surface area (Å²) in [5.74, 6) is 0.130. The summed E-state index contributed by atoms with van der Waals surface area (Å²) in [4.78, 5) is 21.9. The quantitative estimate of drug-likeness (QED) is 0.511. The standard InChI is InChI=1S/C20H20IN3OS/c1-13-7-8-17-18(14(13)2)22-20(26-17)24-11-9-23(10-12-24)19(25)15-5-3-4-6-16(15)21/h3-8H,9-12H2,1-2H3. The fraction of sp³-hybridized carbons (Fsp3) is 0.300. The molecule has 0 bridgehead atoms. The molecule has 0 saturated carbocycles. The van der Waals surface area contributed by atoms with Gasteiger partial charge in [-0.1, -0.05) is 29.5 Å². The molecule has 1 aliphatic rings. The Morgan fingerprint density at radius 3 is 2.54 bits per heavy atom. The first-order valence-corrected chi connectivity index (χ1v) is 10.6. The first-order chi connectivity index (χ1) is 12.5. The third kappa shape index (κ3) is 3.20. The van der Waals surface area contributed by atoms with Crippen LogP contribution in [0, 0.1) is 17.4 Å². The molecule has 4 nitrogen and oxygen atoms in total. The van der Waals surface area contributed by atoms with Gasteiger partial charge in [0, 0.05) is 29.7 Å². The molecule has 2 aromatic carbocycles. The molecule has 0 atom stereocenters. The summed E-state index contributed by atoms with van der Waals surface area (Å²) < 4.78 is 2.25. The lowest BCUT2D eigenvalue weighted by Gasteiger charge is -2.34. The number of thiazole rings is 1. The lowest BCUT2D eigenvalue weighted by molar-refractivity contribution is 0.0745. The highest BCUT2D eigenvalue weighted by Gasteiger charge is 2.25. The molecule has 134 valence electrons. The Bertz CT molecular complexity index is 976. The van der Waals surface area contributed by atoms with E-state index < -0.39 is 0 Å². The monoisotopic (exact) mass is 477 g/mol. The van der Waals surface area contributed by atoms with Gasteiger partial charge < -0.3 is 9.80 Å². The van der Waals surface area contributed by atoms with Crippen molar-refractivity contribution in [2.45, 2.75) is 13.8 Å². The number of anilines is 1. The molecule has 1 saturated heterocycles. The van der Waals surface area contributed by atoms with E-state index in [1.54, 1.807) is 11.3 Å². The summed E-state index contributed by atoms with van der Waals surface area (Å²) in [6.07, 6.45) is 0. The average Bonchev–Trinajstić information content (AvgIpc) is 3.10. The molecular weight excluding hydrogens is 457 g/mol. The lowest BCUT2D eigenvalue weighted by Crippen LogP contribution is -2.48. The van der Waals surface area contributed by atoms with Crippen molar-refractivity contribution in [2.24, 2.45) is 0 Å². The molecule has 0 unspecified atom stereocenters. The van der Waals surface area contributed by atoms with Crippen LogP contribution in [0.1, 0.15) is 21.5 Å². The van der Waals surface area contributed by atoms with Gasteiger partial charge in [0.25, 0.3) is 5.91 Å². The SMILES string of the molecule is Cc1ccc2sc(N3CCN(C(=O)c4ccccc4I)CC3)nc2c1C. The van der Waals surface area contributed by atoms with Gasteiger partial charge >= 0.3 is 0 Å². The smallest absolute Gasteiger partial charge is 0.255 e. The van der Waals surface area contributed by atoms with Gasteiger partial charge in [-0.25, -0.2) is 4.98 Å². The number of piperazine rings is 1. The topological polar surface area (TPSA) is 36.4 Å². The van der Waals surface area contributed by atoms with Crippen LogP contribution in [0.5, 0.6) is 0 Å². The molecule has 0 N–H and O–H groups in total. The highest BCUT2D eigenvalue weighted by Crippen LogP contribution is 2.32. The molecule has 4 rings (SSSR count).